The molecular weight excluding hydrogens is 560 g/mol. The van der Waals surface area contributed by atoms with E-state index >= 15 is 0 Å². The summed E-state index contributed by atoms with van der Waals surface area (Å²) in [7, 11) is -5.91. The summed E-state index contributed by atoms with van der Waals surface area (Å²) in [5.74, 6) is 0.918. The number of rotatable bonds is 13. The first kappa shape index (κ1) is 30.6. The summed E-state index contributed by atoms with van der Waals surface area (Å²) in [6.07, 6.45) is 2.40. The van der Waals surface area contributed by atoms with E-state index in [1.54, 1.807) is 24.3 Å². The number of nitrogens with two attached hydrogens (primary N) is 1. The monoisotopic (exact) mass is 598 g/mol. The quantitative estimate of drug-likeness (QED) is 0.204. The van der Waals surface area contributed by atoms with Gasteiger partial charge in [0.05, 0.1) is 17.1 Å². The number of ether oxygens (including phenoxy) is 2. The Balaban J connectivity index is 1.22. The van der Waals surface area contributed by atoms with Crippen LogP contribution in [0.5, 0.6) is 5.75 Å². The van der Waals surface area contributed by atoms with E-state index in [1.165, 1.54) is 29.7 Å². The number of aromatic nitrogens is 1. The van der Waals surface area contributed by atoms with Crippen LogP contribution < -0.4 is 25.8 Å². The Morgan fingerprint density at radius 1 is 1.20 bits per heavy atom. The van der Waals surface area contributed by atoms with Gasteiger partial charge in [-0.05, 0) is 50.6 Å². The molecule has 1 spiro atoms. The zero-order chi connectivity index (χ0) is 28.8. The lowest BCUT2D eigenvalue weighted by Gasteiger charge is -2.38. The number of benzene rings is 1. The molecule has 2 fully saturated rings. The highest BCUT2D eigenvalue weighted by molar-refractivity contribution is 7.89. The lowest BCUT2D eigenvalue weighted by atomic mass is 9.88. The first-order valence-corrected chi connectivity index (χ1v) is 16.1. The zero-order valence-electron chi connectivity index (χ0n) is 22.5. The third-order valence-electron chi connectivity index (χ3n) is 7.14. The standard InChI is InChI=1S/C25H38N6O7S2/c1-27-39(33,34)22-4-2-3-21(13-22)37-18-20(32)15-29-19-14-25(38-17-19)7-11-31(12-8-25)40(35,36)23-5-6-24(30-16-23)28-10-9-26/h2-6,13,16,19-20,27,29,32H,7-12,14-15,17-18,26H2,1H3,(H,28,30). The fraction of sp³-hybridized carbons (Fsp3) is 0.560. The van der Waals surface area contributed by atoms with Gasteiger partial charge in [-0.2, -0.15) is 4.31 Å². The summed E-state index contributed by atoms with van der Waals surface area (Å²) < 4.78 is 65.6. The average molecular weight is 599 g/mol. The summed E-state index contributed by atoms with van der Waals surface area (Å²) in [6, 6.07) is 9.26. The van der Waals surface area contributed by atoms with Crippen LogP contribution in [0.3, 0.4) is 0 Å². The molecule has 13 nitrogen and oxygen atoms in total. The molecule has 3 heterocycles. The van der Waals surface area contributed by atoms with Gasteiger partial charge >= 0.3 is 0 Å². The summed E-state index contributed by atoms with van der Waals surface area (Å²) in [6.45, 7) is 2.42. The van der Waals surface area contributed by atoms with Crippen LogP contribution in [0.25, 0.3) is 0 Å². The van der Waals surface area contributed by atoms with Gasteiger partial charge in [-0.3, -0.25) is 0 Å². The molecule has 2 aromatic rings. The van der Waals surface area contributed by atoms with Crippen LogP contribution in [0, 0.1) is 0 Å². The molecule has 1 aromatic carbocycles. The van der Waals surface area contributed by atoms with Crippen molar-refractivity contribution in [1.82, 2.24) is 19.3 Å². The topological polar surface area (TPSA) is 185 Å². The van der Waals surface area contributed by atoms with Crippen molar-refractivity contribution in [2.75, 3.05) is 58.3 Å². The molecular formula is C25H38N6O7S2. The molecule has 0 radical (unpaired) electrons. The highest BCUT2D eigenvalue weighted by Crippen LogP contribution is 2.37. The molecule has 40 heavy (non-hydrogen) atoms. The average Bonchev–Trinajstić information content (AvgIpc) is 3.36. The molecule has 4 rings (SSSR count). The molecule has 2 unspecified atom stereocenters. The van der Waals surface area contributed by atoms with E-state index in [4.69, 9.17) is 15.2 Å². The van der Waals surface area contributed by atoms with Gasteiger partial charge in [0, 0.05) is 51.0 Å². The Labute approximate surface area is 235 Å². The number of aliphatic hydroxyl groups is 1. The minimum absolute atomic E-state index is 0.0134. The Morgan fingerprint density at radius 3 is 2.65 bits per heavy atom. The van der Waals surface area contributed by atoms with Crippen LogP contribution in [0.15, 0.2) is 52.4 Å². The van der Waals surface area contributed by atoms with E-state index in [-0.39, 0.29) is 29.0 Å². The van der Waals surface area contributed by atoms with E-state index in [9.17, 15) is 21.9 Å². The van der Waals surface area contributed by atoms with Crippen molar-refractivity contribution in [2.24, 2.45) is 5.73 Å². The van der Waals surface area contributed by atoms with E-state index in [0.29, 0.717) is 63.6 Å². The number of piperidine rings is 1. The Bertz CT molecular complexity index is 1330. The Hall–Kier alpha value is -2.37. The number of anilines is 1. The number of nitrogens with zero attached hydrogens (tertiary/aromatic N) is 2. The number of sulfonamides is 2. The molecule has 2 aliphatic rings. The third kappa shape index (κ3) is 7.47. The van der Waals surface area contributed by atoms with Crippen LogP contribution in [0.1, 0.15) is 19.3 Å². The molecule has 1 aromatic heterocycles. The smallest absolute Gasteiger partial charge is 0.244 e. The van der Waals surface area contributed by atoms with E-state index < -0.39 is 31.8 Å². The van der Waals surface area contributed by atoms with Crippen LogP contribution in [0.2, 0.25) is 0 Å². The number of nitrogens with one attached hydrogen (secondary N) is 3. The second kappa shape index (κ2) is 13.1. The number of aliphatic hydroxyl groups excluding tert-OH is 1. The highest BCUT2D eigenvalue weighted by Gasteiger charge is 2.44. The van der Waals surface area contributed by atoms with Crippen molar-refractivity contribution in [2.45, 2.75) is 46.8 Å². The predicted octanol–water partition coefficient (Wildman–Crippen LogP) is -0.298. The van der Waals surface area contributed by atoms with Crippen molar-refractivity contribution in [3.05, 3.63) is 42.6 Å². The number of pyridine rings is 1. The molecule has 222 valence electrons. The van der Waals surface area contributed by atoms with Crippen molar-refractivity contribution in [3.8, 4) is 5.75 Å². The van der Waals surface area contributed by atoms with Gasteiger partial charge in [0.15, 0.2) is 0 Å². The SMILES string of the molecule is CNS(=O)(=O)c1cccc(OCC(O)CNC2COC3(CCN(S(=O)(=O)c4ccc(NCCN)nc4)CC3)C2)c1. The summed E-state index contributed by atoms with van der Waals surface area (Å²) in [5.41, 5.74) is 5.07. The van der Waals surface area contributed by atoms with Crippen LogP contribution in [0.4, 0.5) is 5.82 Å². The summed E-state index contributed by atoms with van der Waals surface area (Å²) >= 11 is 0. The fourth-order valence-electron chi connectivity index (χ4n) is 4.85. The van der Waals surface area contributed by atoms with Crippen LogP contribution in [-0.2, 0) is 24.8 Å². The summed E-state index contributed by atoms with van der Waals surface area (Å²) in [4.78, 5) is 4.41. The highest BCUT2D eigenvalue weighted by atomic mass is 32.2. The maximum atomic E-state index is 13.1. The molecule has 2 atom stereocenters. The Morgan fingerprint density at radius 2 is 1.98 bits per heavy atom. The lowest BCUT2D eigenvalue weighted by Crippen LogP contribution is -2.47. The first-order valence-electron chi connectivity index (χ1n) is 13.2. The number of hydrogen-bond donors (Lipinski definition) is 5. The van der Waals surface area contributed by atoms with Gasteiger partial charge in [-0.1, -0.05) is 6.07 Å². The minimum Gasteiger partial charge on any atom is -0.491 e. The predicted molar refractivity (Wildman–Crippen MR) is 149 cm³/mol. The van der Waals surface area contributed by atoms with Gasteiger partial charge in [0.1, 0.15) is 29.2 Å². The van der Waals surface area contributed by atoms with Crippen molar-refractivity contribution >= 4 is 25.9 Å². The van der Waals surface area contributed by atoms with Crippen LogP contribution in [-0.4, -0.2) is 102 Å². The number of hydrogen-bond acceptors (Lipinski definition) is 11. The van der Waals surface area contributed by atoms with Gasteiger partial charge in [0.2, 0.25) is 20.0 Å². The molecule has 6 N–H and O–H groups in total. The zero-order valence-corrected chi connectivity index (χ0v) is 24.1. The van der Waals surface area contributed by atoms with Gasteiger partial charge in [-0.25, -0.2) is 26.5 Å². The second-order valence-electron chi connectivity index (χ2n) is 9.95. The molecule has 0 bridgehead atoms. The van der Waals surface area contributed by atoms with E-state index in [1.807, 2.05) is 0 Å². The molecule has 15 heteroatoms. The van der Waals surface area contributed by atoms with Gasteiger partial charge < -0.3 is 30.9 Å². The maximum absolute atomic E-state index is 13.1. The van der Waals surface area contributed by atoms with E-state index in [2.05, 4.69) is 20.3 Å². The molecule has 0 amide bonds. The van der Waals surface area contributed by atoms with Crippen molar-refractivity contribution in [1.29, 1.82) is 0 Å². The van der Waals surface area contributed by atoms with Gasteiger partial charge in [0.25, 0.3) is 0 Å². The normalized spacial score (nSPS) is 20.4. The van der Waals surface area contributed by atoms with E-state index in [0.717, 1.165) is 0 Å². The van der Waals surface area contributed by atoms with Gasteiger partial charge in [-0.15, -0.1) is 0 Å². The largest absolute Gasteiger partial charge is 0.491 e. The molecule has 2 aliphatic heterocycles. The van der Waals surface area contributed by atoms with Crippen molar-refractivity contribution in [3.63, 3.8) is 0 Å². The fourth-order valence-corrected chi connectivity index (χ4v) is 7.00. The van der Waals surface area contributed by atoms with Crippen molar-refractivity contribution < 1.29 is 31.4 Å². The second-order valence-corrected chi connectivity index (χ2v) is 13.8. The summed E-state index contributed by atoms with van der Waals surface area (Å²) in [5, 5.41) is 16.7. The Kier molecular flexibility index (Phi) is 10.00. The molecule has 0 saturated carbocycles. The minimum atomic E-state index is -3.66. The van der Waals surface area contributed by atoms with Crippen LogP contribution >= 0.6 is 0 Å². The molecule has 2 saturated heterocycles. The molecule has 0 aliphatic carbocycles. The first-order chi connectivity index (χ1) is 19.1. The lowest BCUT2D eigenvalue weighted by molar-refractivity contribution is -0.0312. The maximum Gasteiger partial charge on any atom is 0.244 e. The third-order valence-corrected chi connectivity index (χ3v) is 10.4.